The first kappa shape index (κ1) is 23.3. The molecule has 0 amide bonds. The summed E-state index contributed by atoms with van der Waals surface area (Å²) < 4.78 is 24.5. The van der Waals surface area contributed by atoms with Crippen molar-refractivity contribution in [3.63, 3.8) is 0 Å². The molecule has 2 bridgehead atoms. The van der Waals surface area contributed by atoms with Gasteiger partial charge in [-0.25, -0.2) is 0 Å². The van der Waals surface area contributed by atoms with Crippen LogP contribution < -0.4 is 4.74 Å². The number of hydrogen-bond donors (Lipinski definition) is 1. The molecule has 1 N–H and O–H groups in total. The highest BCUT2D eigenvalue weighted by Gasteiger charge is 2.84. The van der Waals surface area contributed by atoms with Gasteiger partial charge in [0.1, 0.15) is 29.2 Å². The summed E-state index contributed by atoms with van der Waals surface area (Å²) in [5, 5.41) is 11.6. The molecule has 2 aliphatic carbocycles. The van der Waals surface area contributed by atoms with E-state index in [9.17, 15) is 5.11 Å². The van der Waals surface area contributed by atoms with Crippen LogP contribution in [0.3, 0.4) is 0 Å². The van der Waals surface area contributed by atoms with E-state index in [0.29, 0.717) is 19.1 Å². The minimum atomic E-state index is -0.622. The van der Waals surface area contributed by atoms with Gasteiger partial charge in [-0.1, -0.05) is 37.6 Å². The van der Waals surface area contributed by atoms with Crippen LogP contribution in [0.5, 0.6) is 5.75 Å². The number of allylic oxidation sites excluding steroid dienone is 2. The van der Waals surface area contributed by atoms with Crippen molar-refractivity contribution in [2.24, 2.45) is 11.3 Å². The molecular weight excluding hydrogens is 416 g/mol. The molecule has 1 saturated carbocycles. The summed E-state index contributed by atoms with van der Waals surface area (Å²) in [5.74, 6) is 1.34. The minimum Gasteiger partial charge on any atom is -0.497 e. The number of fused-ring (bicyclic) bond motifs is 1. The van der Waals surface area contributed by atoms with E-state index in [0.717, 1.165) is 49.8 Å². The maximum Gasteiger partial charge on any atom is 0.129 e. The van der Waals surface area contributed by atoms with Crippen molar-refractivity contribution >= 4 is 0 Å². The van der Waals surface area contributed by atoms with Crippen molar-refractivity contribution in [3.05, 3.63) is 41.5 Å². The molecule has 5 nitrogen and oxygen atoms in total. The number of epoxide rings is 2. The molecule has 4 aliphatic rings. The first-order valence-electron chi connectivity index (χ1n) is 12.6. The van der Waals surface area contributed by atoms with Crippen LogP contribution in [0.25, 0.3) is 0 Å². The van der Waals surface area contributed by atoms with E-state index >= 15 is 0 Å². The largest absolute Gasteiger partial charge is 0.497 e. The number of ether oxygens (including phenoxy) is 4. The molecule has 182 valence electrons. The lowest BCUT2D eigenvalue weighted by Gasteiger charge is -2.47. The van der Waals surface area contributed by atoms with Gasteiger partial charge in [-0.3, -0.25) is 0 Å². The standard InChI is InChI=1S/C28H40O5/c1-19-7-6-14-26(4)24(32-26)23(29)27-16-13-20(2)25(3,15-12-19)28(27,33-27)18-31-17-21-8-10-22(30-5)11-9-21/h7-11,20,23-24,29H,6,12-18H2,1-5H3/b19-7+/t20-,23-,24-,25+,26-,27-,28-/m1/s1. The summed E-state index contributed by atoms with van der Waals surface area (Å²) in [7, 11) is 1.68. The summed E-state index contributed by atoms with van der Waals surface area (Å²) in [6, 6.07) is 8.01. The van der Waals surface area contributed by atoms with Gasteiger partial charge in [0, 0.05) is 5.41 Å². The number of rotatable bonds is 5. The SMILES string of the molecule is COc1ccc(COC[C@]23O[C@@]24CC[C@@H](C)[C@]3(C)CC/C(C)=C/CC[C@@]2(C)O[C@@H]2[C@H]4O)cc1. The van der Waals surface area contributed by atoms with Crippen LogP contribution in [0.2, 0.25) is 0 Å². The van der Waals surface area contributed by atoms with Gasteiger partial charge in [0.25, 0.3) is 0 Å². The lowest BCUT2D eigenvalue weighted by Crippen LogP contribution is -2.57. The Kier molecular flexibility index (Phi) is 5.72. The van der Waals surface area contributed by atoms with Gasteiger partial charge >= 0.3 is 0 Å². The van der Waals surface area contributed by atoms with Gasteiger partial charge in [0.2, 0.25) is 0 Å². The Morgan fingerprint density at radius 3 is 2.61 bits per heavy atom. The Bertz CT molecular complexity index is 911. The van der Waals surface area contributed by atoms with Crippen LogP contribution in [0.1, 0.15) is 71.8 Å². The lowest BCUT2D eigenvalue weighted by atomic mass is 9.54. The van der Waals surface area contributed by atoms with E-state index in [-0.39, 0.29) is 17.1 Å². The summed E-state index contributed by atoms with van der Waals surface area (Å²) in [4.78, 5) is 0. The predicted molar refractivity (Wildman–Crippen MR) is 127 cm³/mol. The van der Waals surface area contributed by atoms with Gasteiger partial charge in [-0.2, -0.15) is 0 Å². The summed E-state index contributed by atoms with van der Waals surface area (Å²) in [6.45, 7) is 10.1. The van der Waals surface area contributed by atoms with Crippen LogP contribution in [0, 0.1) is 11.3 Å². The second-order valence-electron chi connectivity index (χ2n) is 11.4. The van der Waals surface area contributed by atoms with Gasteiger partial charge in [0.05, 0.1) is 25.9 Å². The quantitative estimate of drug-likeness (QED) is 0.488. The van der Waals surface area contributed by atoms with Gasteiger partial charge < -0.3 is 24.1 Å². The first-order valence-corrected chi connectivity index (χ1v) is 12.6. The molecule has 5 rings (SSSR count). The minimum absolute atomic E-state index is 0.0777. The van der Waals surface area contributed by atoms with Crippen LogP contribution in [-0.2, 0) is 20.8 Å². The van der Waals surface area contributed by atoms with Gasteiger partial charge in [-0.05, 0) is 76.0 Å². The number of benzene rings is 1. The Morgan fingerprint density at radius 1 is 1.12 bits per heavy atom. The fraction of sp³-hybridized carbons (Fsp3) is 0.714. The highest BCUT2D eigenvalue weighted by atomic mass is 16.7. The number of aliphatic hydroxyl groups excluding tert-OH is 1. The highest BCUT2D eigenvalue weighted by Crippen LogP contribution is 2.71. The molecule has 7 atom stereocenters. The zero-order valence-corrected chi connectivity index (χ0v) is 20.9. The molecule has 2 aliphatic heterocycles. The van der Waals surface area contributed by atoms with Crippen molar-refractivity contribution in [1.82, 2.24) is 0 Å². The third-order valence-corrected chi connectivity index (χ3v) is 9.57. The smallest absolute Gasteiger partial charge is 0.129 e. The molecule has 0 radical (unpaired) electrons. The molecule has 5 heteroatoms. The molecule has 0 aromatic heterocycles. The Hall–Kier alpha value is -1.40. The monoisotopic (exact) mass is 456 g/mol. The normalized spacial score (nSPS) is 46.0. The molecule has 2 heterocycles. The highest BCUT2D eigenvalue weighted by molar-refractivity contribution is 5.32. The topological polar surface area (TPSA) is 63.8 Å². The molecular formula is C28H40O5. The molecule has 2 saturated heterocycles. The van der Waals surface area contributed by atoms with Crippen LogP contribution >= 0.6 is 0 Å². The Labute approximate surface area is 198 Å². The molecule has 0 unspecified atom stereocenters. The summed E-state index contributed by atoms with van der Waals surface area (Å²) >= 11 is 0. The maximum atomic E-state index is 11.6. The van der Waals surface area contributed by atoms with Crippen LogP contribution in [-0.4, -0.2) is 47.8 Å². The van der Waals surface area contributed by atoms with E-state index < -0.39 is 17.3 Å². The molecule has 33 heavy (non-hydrogen) atoms. The Morgan fingerprint density at radius 2 is 1.88 bits per heavy atom. The van der Waals surface area contributed by atoms with Crippen molar-refractivity contribution in [2.45, 2.75) is 102 Å². The molecule has 3 fully saturated rings. The van der Waals surface area contributed by atoms with Crippen molar-refractivity contribution in [3.8, 4) is 5.75 Å². The zero-order chi connectivity index (χ0) is 23.5. The molecule has 1 aromatic rings. The molecule has 1 aromatic carbocycles. The van der Waals surface area contributed by atoms with Crippen molar-refractivity contribution < 1.29 is 24.1 Å². The van der Waals surface area contributed by atoms with Crippen molar-refractivity contribution in [2.75, 3.05) is 13.7 Å². The fourth-order valence-electron chi connectivity index (χ4n) is 6.80. The van der Waals surface area contributed by atoms with Gasteiger partial charge in [0.15, 0.2) is 0 Å². The van der Waals surface area contributed by atoms with Crippen molar-refractivity contribution in [1.29, 1.82) is 0 Å². The average Bonchev–Trinajstić information content (AvgIpc) is 3.68. The van der Waals surface area contributed by atoms with E-state index in [4.69, 9.17) is 18.9 Å². The zero-order valence-electron chi connectivity index (χ0n) is 20.9. The molecule has 0 spiro atoms. The van der Waals surface area contributed by atoms with Gasteiger partial charge in [-0.15, -0.1) is 0 Å². The first-order chi connectivity index (χ1) is 15.7. The van der Waals surface area contributed by atoms with E-state index in [1.54, 1.807) is 7.11 Å². The predicted octanol–water partition coefficient (Wildman–Crippen LogP) is 5.19. The van der Waals surface area contributed by atoms with E-state index in [1.165, 1.54) is 5.57 Å². The summed E-state index contributed by atoms with van der Waals surface area (Å²) in [6.07, 6.45) is 7.54. The number of aliphatic hydroxyl groups is 1. The Balaban J connectivity index is 1.42. The van der Waals surface area contributed by atoms with E-state index in [2.05, 4.69) is 33.8 Å². The van der Waals surface area contributed by atoms with E-state index in [1.807, 2.05) is 24.3 Å². The second kappa shape index (κ2) is 8.08. The maximum absolute atomic E-state index is 11.6. The second-order valence-corrected chi connectivity index (χ2v) is 11.4. The summed E-state index contributed by atoms with van der Waals surface area (Å²) in [5.41, 5.74) is 1.15. The lowest BCUT2D eigenvalue weighted by molar-refractivity contribution is -0.0410. The number of hydrogen-bond acceptors (Lipinski definition) is 5. The fourth-order valence-corrected chi connectivity index (χ4v) is 6.80. The third-order valence-electron chi connectivity index (χ3n) is 9.57. The van der Waals surface area contributed by atoms with Crippen LogP contribution in [0.15, 0.2) is 35.9 Å². The average molecular weight is 457 g/mol. The number of methoxy groups -OCH3 is 1. The van der Waals surface area contributed by atoms with Crippen LogP contribution in [0.4, 0.5) is 0 Å². The third kappa shape index (κ3) is 3.58.